The van der Waals surface area contributed by atoms with Crippen LogP contribution in [-0.2, 0) is 10.0 Å². The van der Waals surface area contributed by atoms with E-state index < -0.39 is 10.0 Å². The summed E-state index contributed by atoms with van der Waals surface area (Å²) in [5.74, 6) is 1.40. The van der Waals surface area contributed by atoms with E-state index in [0.29, 0.717) is 18.9 Å². The Balaban J connectivity index is 1.93. The van der Waals surface area contributed by atoms with Crippen LogP contribution < -0.4 is 10.0 Å². The molecule has 0 spiro atoms. The van der Waals surface area contributed by atoms with Gasteiger partial charge in [0, 0.05) is 31.5 Å². The molecule has 2 aromatic rings. The van der Waals surface area contributed by atoms with E-state index in [9.17, 15) is 8.42 Å². The van der Waals surface area contributed by atoms with E-state index >= 15 is 0 Å². The van der Waals surface area contributed by atoms with Gasteiger partial charge in [-0.1, -0.05) is 0 Å². The van der Waals surface area contributed by atoms with Crippen molar-refractivity contribution in [2.75, 3.05) is 24.7 Å². The van der Waals surface area contributed by atoms with Crippen molar-refractivity contribution in [3.8, 4) is 5.82 Å². The molecule has 0 amide bonds. The number of hydrogen-bond donors (Lipinski definition) is 2. The summed E-state index contributed by atoms with van der Waals surface area (Å²) in [6, 6.07) is 5.61. The van der Waals surface area contributed by atoms with Crippen molar-refractivity contribution in [3.63, 3.8) is 0 Å². The van der Waals surface area contributed by atoms with Gasteiger partial charge in [-0.05, 0) is 12.1 Å². The van der Waals surface area contributed by atoms with Gasteiger partial charge in [0.15, 0.2) is 0 Å². The molecule has 2 N–H and O–H groups in total. The second kappa shape index (κ2) is 5.81. The van der Waals surface area contributed by atoms with Gasteiger partial charge in [0.1, 0.15) is 18.0 Å². The summed E-state index contributed by atoms with van der Waals surface area (Å²) < 4.78 is 26.0. The van der Waals surface area contributed by atoms with Crippen molar-refractivity contribution in [3.05, 3.63) is 36.9 Å². The van der Waals surface area contributed by atoms with E-state index in [2.05, 4.69) is 20.0 Å². The molecule has 102 valence electrons. The third-order valence-electron chi connectivity index (χ3n) is 2.32. The van der Waals surface area contributed by atoms with Crippen LogP contribution in [0.1, 0.15) is 0 Å². The van der Waals surface area contributed by atoms with E-state index in [1.54, 1.807) is 6.07 Å². The molecule has 8 heteroatoms. The van der Waals surface area contributed by atoms with E-state index in [-0.39, 0.29) is 0 Å². The summed E-state index contributed by atoms with van der Waals surface area (Å²) >= 11 is 0. The molecule has 2 heterocycles. The first kappa shape index (κ1) is 13.5. The maximum Gasteiger partial charge on any atom is 0.208 e. The van der Waals surface area contributed by atoms with Crippen molar-refractivity contribution in [2.24, 2.45) is 0 Å². The number of sulfonamides is 1. The first-order valence-corrected chi connectivity index (χ1v) is 7.58. The molecule has 0 aliphatic carbocycles. The molecule has 0 aliphatic rings. The van der Waals surface area contributed by atoms with Crippen LogP contribution in [0.15, 0.2) is 36.9 Å². The highest BCUT2D eigenvalue weighted by atomic mass is 32.2. The normalized spacial score (nSPS) is 11.4. The Hall–Kier alpha value is -1.93. The maximum atomic E-state index is 10.9. The Labute approximate surface area is 111 Å². The fourth-order valence-corrected chi connectivity index (χ4v) is 1.97. The number of nitrogens with one attached hydrogen (secondary N) is 2. The van der Waals surface area contributed by atoms with E-state index in [1.165, 1.54) is 6.33 Å². The summed E-state index contributed by atoms with van der Waals surface area (Å²) in [5.41, 5.74) is 0. The lowest BCUT2D eigenvalue weighted by Gasteiger charge is -2.07. The number of hydrogen-bond acceptors (Lipinski definition) is 5. The summed E-state index contributed by atoms with van der Waals surface area (Å²) in [6.07, 6.45) is 6.36. The van der Waals surface area contributed by atoms with Crippen LogP contribution in [0.3, 0.4) is 0 Å². The average molecular weight is 281 g/mol. The minimum absolute atomic E-state index is 0.307. The number of anilines is 1. The number of aromatic nitrogens is 3. The van der Waals surface area contributed by atoms with Gasteiger partial charge in [0.05, 0.1) is 6.26 Å². The highest BCUT2D eigenvalue weighted by Crippen LogP contribution is 2.08. The standard InChI is InChI=1S/C11H15N5O2S/c1-19(17,18)15-5-4-12-10-8-11(14-9-13-10)16-6-2-3-7-16/h2-3,6-9,15H,4-5H2,1H3,(H,12,13,14). The zero-order valence-electron chi connectivity index (χ0n) is 10.4. The van der Waals surface area contributed by atoms with Gasteiger partial charge in [0.2, 0.25) is 10.0 Å². The Morgan fingerprint density at radius 1 is 1.21 bits per heavy atom. The van der Waals surface area contributed by atoms with Crippen LogP contribution >= 0.6 is 0 Å². The van der Waals surface area contributed by atoms with Gasteiger partial charge in [-0.25, -0.2) is 23.1 Å². The average Bonchev–Trinajstić information content (AvgIpc) is 2.88. The van der Waals surface area contributed by atoms with Crippen molar-refractivity contribution in [1.82, 2.24) is 19.3 Å². The molecule has 0 unspecified atom stereocenters. The van der Waals surface area contributed by atoms with Crippen LogP contribution in [0.25, 0.3) is 5.82 Å². The SMILES string of the molecule is CS(=O)(=O)NCCNc1cc(-n2cccc2)ncn1. The minimum atomic E-state index is -3.15. The Kier molecular flexibility index (Phi) is 4.13. The summed E-state index contributed by atoms with van der Waals surface area (Å²) in [7, 11) is -3.15. The molecule has 19 heavy (non-hydrogen) atoms. The van der Waals surface area contributed by atoms with Crippen LogP contribution in [0.5, 0.6) is 0 Å². The minimum Gasteiger partial charge on any atom is -0.369 e. The maximum absolute atomic E-state index is 10.9. The second-order valence-electron chi connectivity index (χ2n) is 3.95. The smallest absolute Gasteiger partial charge is 0.208 e. The van der Waals surface area contributed by atoms with Crippen LogP contribution in [0.4, 0.5) is 5.82 Å². The largest absolute Gasteiger partial charge is 0.369 e. The summed E-state index contributed by atoms with van der Waals surface area (Å²) in [6.45, 7) is 0.761. The third-order valence-corrected chi connectivity index (χ3v) is 3.05. The van der Waals surface area contributed by atoms with Crippen LogP contribution in [0, 0.1) is 0 Å². The lowest BCUT2D eigenvalue weighted by molar-refractivity contribution is 0.589. The highest BCUT2D eigenvalue weighted by molar-refractivity contribution is 7.88. The van der Waals surface area contributed by atoms with Gasteiger partial charge >= 0.3 is 0 Å². The van der Waals surface area contributed by atoms with Crippen LogP contribution in [-0.4, -0.2) is 42.3 Å². The molecule has 0 saturated heterocycles. The topological polar surface area (TPSA) is 88.9 Å². The van der Waals surface area contributed by atoms with E-state index in [0.717, 1.165) is 12.1 Å². The molecular weight excluding hydrogens is 266 g/mol. The fraction of sp³-hybridized carbons (Fsp3) is 0.273. The monoisotopic (exact) mass is 281 g/mol. The zero-order valence-corrected chi connectivity index (χ0v) is 11.3. The van der Waals surface area contributed by atoms with Gasteiger partial charge in [0.25, 0.3) is 0 Å². The van der Waals surface area contributed by atoms with E-state index in [1.807, 2.05) is 29.1 Å². The van der Waals surface area contributed by atoms with Crippen molar-refractivity contribution >= 4 is 15.8 Å². The summed E-state index contributed by atoms with van der Waals surface area (Å²) in [5, 5.41) is 3.03. The molecule has 0 radical (unpaired) electrons. The van der Waals surface area contributed by atoms with Crippen molar-refractivity contribution in [1.29, 1.82) is 0 Å². The Bertz CT molecular complexity index is 624. The molecule has 7 nitrogen and oxygen atoms in total. The molecule has 2 rings (SSSR count). The number of rotatable bonds is 6. The van der Waals surface area contributed by atoms with Gasteiger partial charge in [-0.2, -0.15) is 0 Å². The Morgan fingerprint density at radius 2 is 1.95 bits per heavy atom. The fourth-order valence-electron chi connectivity index (χ4n) is 1.50. The predicted octanol–water partition coefficient (Wildman–Crippen LogP) is 0.228. The lowest BCUT2D eigenvalue weighted by Crippen LogP contribution is -2.27. The van der Waals surface area contributed by atoms with Gasteiger partial charge in [-0.15, -0.1) is 0 Å². The van der Waals surface area contributed by atoms with Crippen LogP contribution in [0.2, 0.25) is 0 Å². The zero-order chi connectivity index (χ0) is 13.7. The number of nitrogens with zero attached hydrogens (tertiary/aromatic N) is 3. The third kappa shape index (κ3) is 4.34. The van der Waals surface area contributed by atoms with Crippen molar-refractivity contribution < 1.29 is 8.42 Å². The molecule has 0 atom stereocenters. The molecule has 2 aromatic heterocycles. The first-order chi connectivity index (χ1) is 9.04. The Morgan fingerprint density at radius 3 is 2.63 bits per heavy atom. The molecule has 0 aromatic carbocycles. The quantitative estimate of drug-likeness (QED) is 0.740. The first-order valence-electron chi connectivity index (χ1n) is 5.68. The molecular formula is C11H15N5O2S. The lowest BCUT2D eigenvalue weighted by atomic mass is 10.5. The summed E-state index contributed by atoms with van der Waals surface area (Å²) in [4.78, 5) is 8.22. The van der Waals surface area contributed by atoms with Crippen molar-refractivity contribution in [2.45, 2.75) is 0 Å². The molecule has 0 fully saturated rings. The van der Waals surface area contributed by atoms with Gasteiger partial charge < -0.3 is 9.88 Å². The molecule has 0 aliphatic heterocycles. The predicted molar refractivity (Wildman–Crippen MR) is 72.7 cm³/mol. The van der Waals surface area contributed by atoms with E-state index in [4.69, 9.17) is 0 Å². The second-order valence-corrected chi connectivity index (χ2v) is 5.78. The molecule has 0 saturated carbocycles. The molecule has 0 bridgehead atoms. The highest BCUT2D eigenvalue weighted by Gasteiger charge is 2.01. The van der Waals surface area contributed by atoms with Gasteiger partial charge in [-0.3, -0.25) is 0 Å².